The maximum atomic E-state index is 12.0. The molecule has 1 aliphatic rings. The largest absolute Gasteiger partial charge is 0.481 e. The van der Waals surface area contributed by atoms with Gasteiger partial charge in [0.15, 0.2) is 0 Å². The predicted molar refractivity (Wildman–Crippen MR) is 81.7 cm³/mol. The number of amides is 1. The van der Waals surface area contributed by atoms with Crippen molar-refractivity contribution < 1.29 is 24.5 Å². The number of carboxylic acids is 1. The lowest BCUT2D eigenvalue weighted by atomic mass is 9.83. The standard InChI is InChI=1S/C15H28N2O5/c1-13(2,3)22-12(21)17-9-15(10-17,8-11(19)20)16-14(4,5)6-7-18/h16,18H,6-10H2,1-5H3,(H,19,20). The van der Waals surface area contributed by atoms with E-state index in [1.54, 1.807) is 20.8 Å². The molecule has 1 amide bonds. The Kier molecular flexibility index (Phi) is 5.46. The van der Waals surface area contributed by atoms with Gasteiger partial charge in [-0.3, -0.25) is 4.79 Å². The van der Waals surface area contributed by atoms with Crippen LogP contribution in [0.25, 0.3) is 0 Å². The first kappa shape index (κ1) is 18.7. The zero-order chi connectivity index (χ0) is 17.2. The number of carbonyl (C=O) groups excluding carboxylic acids is 1. The average Bonchev–Trinajstić information content (AvgIpc) is 2.20. The van der Waals surface area contributed by atoms with Crippen LogP contribution in [0.3, 0.4) is 0 Å². The van der Waals surface area contributed by atoms with Crippen LogP contribution in [0.4, 0.5) is 4.79 Å². The summed E-state index contributed by atoms with van der Waals surface area (Å²) < 4.78 is 5.29. The number of aliphatic hydroxyl groups excluding tert-OH is 1. The Labute approximate surface area is 131 Å². The third-order valence-corrected chi connectivity index (χ3v) is 3.47. The molecule has 0 unspecified atom stereocenters. The van der Waals surface area contributed by atoms with Gasteiger partial charge in [-0.05, 0) is 41.0 Å². The van der Waals surface area contributed by atoms with E-state index in [9.17, 15) is 9.59 Å². The fourth-order valence-electron chi connectivity index (χ4n) is 2.72. The summed E-state index contributed by atoms with van der Waals surface area (Å²) in [5, 5.41) is 21.5. The summed E-state index contributed by atoms with van der Waals surface area (Å²) >= 11 is 0. The molecule has 1 heterocycles. The summed E-state index contributed by atoms with van der Waals surface area (Å²) in [4.78, 5) is 24.6. The van der Waals surface area contributed by atoms with Gasteiger partial charge in [-0.25, -0.2) is 4.79 Å². The highest BCUT2D eigenvalue weighted by Gasteiger charge is 2.49. The SMILES string of the molecule is CC(C)(CCO)NC1(CC(=O)O)CN(C(=O)OC(C)(C)C)C1. The minimum atomic E-state index is -0.920. The first-order valence-corrected chi connectivity index (χ1v) is 7.48. The summed E-state index contributed by atoms with van der Waals surface area (Å²) in [5.41, 5.74) is -1.67. The summed E-state index contributed by atoms with van der Waals surface area (Å²) in [6, 6.07) is 0. The third-order valence-electron chi connectivity index (χ3n) is 3.47. The van der Waals surface area contributed by atoms with Crippen LogP contribution < -0.4 is 5.32 Å². The minimum Gasteiger partial charge on any atom is -0.481 e. The second-order valence-corrected chi connectivity index (χ2v) is 7.67. The molecule has 1 fully saturated rings. The van der Waals surface area contributed by atoms with Crippen LogP contribution >= 0.6 is 0 Å². The van der Waals surface area contributed by atoms with Gasteiger partial charge in [0.25, 0.3) is 0 Å². The maximum Gasteiger partial charge on any atom is 0.410 e. The molecular weight excluding hydrogens is 288 g/mol. The third kappa shape index (κ3) is 5.46. The Morgan fingerprint density at radius 2 is 1.77 bits per heavy atom. The fourth-order valence-corrected chi connectivity index (χ4v) is 2.72. The van der Waals surface area contributed by atoms with Crippen LogP contribution in [0.15, 0.2) is 0 Å². The molecule has 0 aromatic carbocycles. The molecule has 7 nitrogen and oxygen atoms in total. The second kappa shape index (κ2) is 6.42. The Balaban J connectivity index is 2.71. The highest BCUT2D eigenvalue weighted by Crippen LogP contribution is 2.29. The van der Waals surface area contributed by atoms with Crippen molar-refractivity contribution in [3.63, 3.8) is 0 Å². The molecule has 0 bridgehead atoms. The average molecular weight is 316 g/mol. The molecule has 128 valence electrons. The number of carboxylic acid groups (broad SMARTS) is 1. The van der Waals surface area contributed by atoms with Gasteiger partial charge < -0.3 is 25.2 Å². The summed E-state index contributed by atoms with van der Waals surface area (Å²) in [6.45, 7) is 9.75. The van der Waals surface area contributed by atoms with E-state index in [1.807, 2.05) is 13.8 Å². The highest BCUT2D eigenvalue weighted by molar-refractivity contribution is 5.73. The zero-order valence-corrected chi connectivity index (χ0v) is 14.1. The van der Waals surface area contributed by atoms with E-state index in [4.69, 9.17) is 14.9 Å². The van der Waals surface area contributed by atoms with Gasteiger partial charge >= 0.3 is 12.1 Å². The molecule has 0 atom stereocenters. The maximum absolute atomic E-state index is 12.0. The van der Waals surface area contributed by atoms with Gasteiger partial charge in [-0.2, -0.15) is 0 Å². The number of carbonyl (C=O) groups is 2. The molecule has 0 radical (unpaired) electrons. The predicted octanol–water partition coefficient (Wildman–Crippen LogP) is 1.20. The smallest absolute Gasteiger partial charge is 0.410 e. The lowest BCUT2D eigenvalue weighted by Crippen LogP contribution is -2.74. The molecule has 3 N–H and O–H groups in total. The highest BCUT2D eigenvalue weighted by atomic mass is 16.6. The van der Waals surface area contributed by atoms with E-state index >= 15 is 0 Å². The zero-order valence-electron chi connectivity index (χ0n) is 14.1. The lowest BCUT2D eigenvalue weighted by molar-refractivity contribution is -0.141. The number of hydrogen-bond acceptors (Lipinski definition) is 5. The van der Waals surface area contributed by atoms with Gasteiger partial charge in [0, 0.05) is 25.2 Å². The summed E-state index contributed by atoms with van der Waals surface area (Å²) in [5.74, 6) is -0.920. The summed E-state index contributed by atoms with van der Waals surface area (Å²) in [7, 11) is 0. The molecule has 7 heteroatoms. The number of hydrogen-bond donors (Lipinski definition) is 3. The molecule has 1 rings (SSSR count). The van der Waals surface area contributed by atoms with Crippen molar-refractivity contribution in [2.24, 2.45) is 0 Å². The van der Waals surface area contributed by atoms with E-state index in [1.165, 1.54) is 4.90 Å². The van der Waals surface area contributed by atoms with Crippen molar-refractivity contribution in [1.29, 1.82) is 0 Å². The molecule has 22 heavy (non-hydrogen) atoms. The van der Waals surface area contributed by atoms with Gasteiger partial charge in [-0.15, -0.1) is 0 Å². The molecule has 0 aliphatic carbocycles. The van der Waals surface area contributed by atoms with Gasteiger partial charge in [-0.1, -0.05) is 0 Å². The molecule has 0 spiro atoms. The Bertz CT molecular complexity index is 422. The Morgan fingerprint density at radius 3 is 2.18 bits per heavy atom. The van der Waals surface area contributed by atoms with Crippen LogP contribution in [0.5, 0.6) is 0 Å². The molecule has 0 aromatic heterocycles. The number of aliphatic carboxylic acids is 1. The van der Waals surface area contributed by atoms with Crippen molar-refractivity contribution in [2.75, 3.05) is 19.7 Å². The van der Waals surface area contributed by atoms with Crippen LogP contribution in [-0.4, -0.2) is 63.6 Å². The number of ether oxygens (including phenoxy) is 1. The Morgan fingerprint density at radius 1 is 1.23 bits per heavy atom. The molecule has 0 saturated carbocycles. The molecule has 1 saturated heterocycles. The van der Waals surface area contributed by atoms with E-state index < -0.39 is 28.7 Å². The quantitative estimate of drug-likeness (QED) is 0.681. The van der Waals surface area contributed by atoms with Crippen LogP contribution in [-0.2, 0) is 9.53 Å². The van der Waals surface area contributed by atoms with Crippen LogP contribution in [0.1, 0.15) is 47.5 Å². The van der Waals surface area contributed by atoms with E-state index in [-0.39, 0.29) is 26.1 Å². The molecule has 1 aliphatic heterocycles. The Hall–Kier alpha value is -1.34. The molecular formula is C15H28N2O5. The van der Waals surface area contributed by atoms with Crippen LogP contribution in [0.2, 0.25) is 0 Å². The number of nitrogens with zero attached hydrogens (tertiary/aromatic N) is 1. The second-order valence-electron chi connectivity index (χ2n) is 7.67. The van der Waals surface area contributed by atoms with Gasteiger partial charge in [0.2, 0.25) is 0 Å². The van der Waals surface area contributed by atoms with Crippen molar-refractivity contribution in [3.8, 4) is 0 Å². The monoisotopic (exact) mass is 316 g/mol. The number of nitrogens with one attached hydrogen (secondary N) is 1. The van der Waals surface area contributed by atoms with E-state index in [2.05, 4.69) is 5.32 Å². The van der Waals surface area contributed by atoms with Crippen LogP contribution in [0, 0.1) is 0 Å². The lowest BCUT2D eigenvalue weighted by Gasteiger charge is -2.53. The van der Waals surface area contributed by atoms with Crippen molar-refractivity contribution in [2.45, 2.75) is 64.1 Å². The van der Waals surface area contributed by atoms with Crippen molar-refractivity contribution in [1.82, 2.24) is 10.2 Å². The first-order valence-electron chi connectivity index (χ1n) is 7.48. The van der Waals surface area contributed by atoms with Crippen molar-refractivity contribution in [3.05, 3.63) is 0 Å². The normalized spacial score (nSPS) is 17.8. The number of rotatable bonds is 6. The number of aliphatic hydroxyl groups is 1. The number of likely N-dealkylation sites (tertiary alicyclic amines) is 1. The summed E-state index contributed by atoms with van der Waals surface area (Å²) in [6.07, 6.45) is -0.0163. The minimum absolute atomic E-state index is 0.0128. The van der Waals surface area contributed by atoms with E-state index in [0.29, 0.717) is 6.42 Å². The van der Waals surface area contributed by atoms with Crippen molar-refractivity contribution >= 4 is 12.1 Å². The van der Waals surface area contributed by atoms with Gasteiger partial charge in [0.05, 0.1) is 12.0 Å². The fraction of sp³-hybridized carbons (Fsp3) is 0.867. The van der Waals surface area contributed by atoms with E-state index in [0.717, 1.165) is 0 Å². The topological polar surface area (TPSA) is 99.1 Å². The van der Waals surface area contributed by atoms with Gasteiger partial charge in [0.1, 0.15) is 5.60 Å². The first-order chi connectivity index (χ1) is 9.88. The molecule has 0 aromatic rings.